The molecule has 0 aliphatic rings. The van der Waals surface area contributed by atoms with Crippen molar-refractivity contribution in [3.8, 4) is 11.5 Å². The minimum atomic E-state index is -1.03. The number of benzene rings is 2. The highest BCUT2D eigenvalue weighted by Crippen LogP contribution is 2.29. The van der Waals surface area contributed by atoms with Crippen molar-refractivity contribution in [2.75, 3.05) is 7.11 Å². The van der Waals surface area contributed by atoms with Crippen LogP contribution in [0.1, 0.15) is 11.1 Å². The lowest BCUT2D eigenvalue weighted by Gasteiger charge is -2.11. The number of rotatable bonds is 7. The first kappa shape index (κ1) is 17.0. The van der Waals surface area contributed by atoms with E-state index in [-0.39, 0.29) is 12.3 Å². The zero-order valence-electron chi connectivity index (χ0n) is 12.8. The lowest BCUT2D eigenvalue weighted by Crippen LogP contribution is -1.98. The summed E-state index contributed by atoms with van der Waals surface area (Å²) in [5.74, 6) is -0.0831. The summed E-state index contributed by atoms with van der Waals surface area (Å²) in [4.78, 5) is 20.7. The normalized spacial score (nSPS) is 10.5. The Morgan fingerprint density at radius 3 is 2.50 bits per heavy atom. The van der Waals surface area contributed by atoms with Crippen molar-refractivity contribution < 1.29 is 24.3 Å². The molecule has 0 amide bonds. The largest absolute Gasteiger partial charge is 0.493 e. The molecule has 0 bridgehead atoms. The van der Waals surface area contributed by atoms with Gasteiger partial charge in [0, 0.05) is 18.2 Å². The number of carbonyl (C=O) groups is 1. The average Bonchev–Trinajstić information content (AvgIpc) is 2.58. The molecule has 0 saturated carbocycles. The van der Waals surface area contributed by atoms with Gasteiger partial charge in [0.1, 0.15) is 6.61 Å². The van der Waals surface area contributed by atoms with Gasteiger partial charge in [-0.2, -0.15) is 0 Å². The van der Waals surface area contributed by atoms with E-state index in [2.05, 4.69) is 0 Å². The second-order valence-electron chi connectivity index (χ2n) is 4.79. The Morgan fingerprint density at radius 1 is 1.21 bits per heavy atom. The van der Waals surface area contributed by atoms with Crippen molar-refractivity contribution >= 4 is 17.7 Å². The topological polar surface area (TPSA) is 98.9 Å². The number of nitro groups is 1. The van der Waals surface area contributed by atoms with Crippen LogP contribution in [0.25, 0.3) is 6.08 Å². The van der Waals surface area contributed by atoms with Gasteiger partial charge in [-0.05, 0) is 41.5 Å². The third-order valence-electron chi connectivity index (χ3n) is 3.15. The van der Waals surface area contributed by atoms with Gasteiger partial charge in [-0.3, -0.25) is 10.1 Å². The van der Waals surface area contributed by atoms with Gasteiger partial charge in [0.2, 0.25) is 0 Å². The van der Waals surface area contributed by atoms with Crippen molar-refractivity contribution in [3.63, 3.8) is 0 Å². The lowest BCUT2D eigenvalue weighted by atomic mass is 10.2. The summed E-state index contributed by atoms with van der Waals surface area (Å²) in [7, 11) is 1.48. The first-order chi connectivity index (χ1) is 11.5. The number of hydrogen-bond donors (Lipinski definition) is 1. The number of ether oxygens (including phenoxy) is 2. The first-order valence-corrected chi connectivity index (χ1v) is 6.95. The molecule has 0 aliphatic heterocycles. The predicted molar refractivity (Wildman–Crippen MR) is 87.1 cm³/mol. The van der Waals surface area contributed by atoms with Crippen LogP contribution < -0.4 is 9.47 Å². The van der Waals surface area contributed by atoms with Crippen LogP contribution in [0.2, 0.25) is 0 Å². The third-order valence-corrected chi connectivity index (χ3v) is 3.15. The summed E-state index contributed by atoms with van der Waals surface area (Å²) in [6.45, 7) is 0.221. The molecule has 24 heavy (non-hydrogen) atoms. The van der Waals surface area contributed by atoms with Crippen molar-refractivity contribution in [2.24, 2.45) is 0 Å². The van der Waals surface area contributed by atoms with Crippen LogP contribution in [0.3, 0.4) is 0 Å². The van der Waals surface area contributed by atoms with E-state index >= 15 is 0 Å². The van der Waals surface area contributed by atoms with Gasteiger partial charge in [0.05, 0.1) is 12.0 Å². The van der Waals surface area contributed by atoms with E-state index in [9.17, 15) is 14.9 Å². The molecule has 0 atom stereocenters. The zero-order valence-corrected chi connectivity index (χ0v) is 12.8. The van der Waals surface area contributed by atoms with Crippen LogP contribution in [0.4, 0.5) is 5.69 Å². The summed E-state index contributed by atoms with van der Waals surface area (Å²) in [6.07, 6.45) is 2.48. The van der Waals surface area contributed by atoms with E-state index in [4.69, 9.17) is 14.6 Å². The Labute approximate surface area is 137 Å². The van der Waals surface area contributed by atoms with Crippen LogP contribution in [0.5, 0.6) is 11.5 Å². The molecule has 2 aromatic carbocycles. The van der Waals surface area contributed by atoms with E-state index in [0.717, 1.165) is 11.6 Å². The summed E-state index contributed by atoms with van der Waals surface area (Å²) in [5, 5.41) is 19.3. The molecule has 0 spiro atoms. The van der Waals surface area contributed by atoms with Crippen molar-refractivity contribution in [2.45, 2.75) is 6.61 Å². The Balaban J connectivity index is 2.08. The van der Waals surface area contributed by atoms with Crippen molar-refractivity contribution in [3.05, 3.63) is 69.8 Å². The molecule has 7 heteroatoms. The second-order valence-corrected chi connectivity index (χ2v) is 4.79. The number of non-ortho nitro benzene ring substituents is 1. The predicted octanol–water partition coefficient (Wildman–Crippen LogP) is 3.28. The highest BCUT2D eigenvalue weighted by molar-refractivity contribution is 5.85. The first-order valence-electron chi connectivity index (χ1n) is 6.95. The molecule has 7 nitrogen and oxygen atoms in total. The minimum Gasteiger partial charge on any atom is -0.493 e. The minimum absolute atomic E-state index is 0.0194. The maximum Gasteiger partial charge on any atom is 0.328 e. The molecular weight excluding hydrogens is 314 g/mol. The van der Waals surface area contributed by atoms with Crippen LogP contribution in [0, 0.1) is 10.1 Å². The van der Waals surface area contributed by atoms with Gasteiger partial charge in [0.25, 0.3) is 5.69 Å². The van der Waals surface area contributed by atoms with Crippen molar-refractivity contribution in [1.82, 2.24) is 0 Å². The standard InChI is InChI=1S/C17H15NO6/c1-23-16-10-12(5-9-17(19)20)4-8-15(16)24-11-13-2-6-14(7-3-13)18(21)22/h2-10H,11H2,1H3,(H,19,20). The molecule has 0 unspecified atom stereocenters. The molecule has 0 fully saturated rings. The molecule has 0 aromatic heterocycles. The number of hydrogen-bond acceptors (Lipinski definition) is 5. The van der Waals surface area contributed by atoms with Crippen LogP contribution >= 0.6 is 0 Å². The molecule has 2 aromatic rings. The number of aliphatic carboxylic acids is 1. The summed E-state index contributed by atoms with van der Waals surface area (Å²) in [6, 6.07) is 11.1. The molecular formula is C17H15NO6. The summed E-state index contributed by atoms with van der Waals surface area (Å²) in [5.41, 5.74) is 1.46. The monoisotopic (exact) mass is 329 g/mol. The second kappa shape index (κ2) is 7.77. The lowest BCUT2D eigenvalue weighted by molar-refractivity contribution is -0.384. The molecule has 124 valence electrons. The van der Waals surface area contributed by atoms with Crippen LogP contribution in [-0.4, -0.2) is 23.1 Å². The van der Waals surface area contributed by atoms with E-state index in [1.807, 2.05) is 0 Å². The maximum atomic E-state index is 10.6. The summed E-state index contributed by atoms with van der Waals surface area (Å²) < 4.78 is 10.9. The fraction of sp³-hybridized carbons (Fsp3) is 0.118. The van der Waals surface area contributed by atoms with E-state index < -0.39 is 10.9 Å². The Hall–Kier alpha value is -3.35. The van der Waals surface area contributed by atoms with E-state index in [1.54, 1.807) is 30.3 Å². The molecule has 1 N–H and O–H groups in total. The fourth-order valence-corrected chi connectivity index (χ4v) is 1.95. The van der Waals surface area contributed by atoms with Gasteiger partial charge < -0.3 is 14.6 Å². The molecule has 0 heterocycles. The van der Waals surface area contributed by atoms with Crippen LogP contribution in [-0.2, 0) is 11.4 Å². The quantitative estimate of drug-likeness (QED) is 0.475. The number of nitro benzene ring substituents is 1. The number of carboxylic acid groups (broad SMARTS) is 1. The number of carboxylic acids is 1. The average molecular weight is 329 g/mol. The number of methoxy groups -OCH3 is 1. The van der Waals surface area contributed by atoms with E-state index in [0.29, 0.717) is 17.1 Å². The van der Waals surface area contributed by atoms with Crippen molar-refractivity contribution in [1.29, 1.82) is 0 Å². The molecule has 0 saturated heterocycles. The van der Waals surface area contributed by atoms with Gasteiger partial charge in [-0.15, -0.1) is 0 Å². The van der Waals surface area contributed by atoms with Crippen LogP contribution in [0.15, 0.2) is 48.5 Å². The highest BCUT2D eigenvalue weighted by atomic mass is 16.6. The highest BCUT2D eigenvalue weighted by Gasteiger charge is 2.07. The van der Waals surface area contributed by atoms with Gasteiger partial charge >= 0.3 is 5.97 Å². The van der Waals surface area contributed by atoms with Gasteiger partial charge in [-0.25, -0.2) is 4.79 Å². The van der Waals surface area contributed by atoms with Gasteiger partial charge in [0.15, 0.2) is 11.5 Å². The molecule has 0 aliphatic carbocycles. The molecule has 0 radical (unpaired) electrons. The SMILES string of the molecule is COc1cc(C=CC(=O)O)ccc1OCc1ccc([N+](=O)[O-])cc1. The van der Waals surface area contributed by atoms with Gasteiger partial charge in [-0.1, -0.05) is 6.07 Å². The summed E-state index contributed by atoms with van der Waals surface area (Å²) >= 11 is 0. The Kier molecular flexibility index (Phi) is 5.51. The number of nitrogens with zero attached hydrogens (tertiary/aromatic N) is 1. The third kappa shape index (κ3) is 4.57. The zero-order chi connectivity index (χ0) is 17.5. The Bertz CT molecular complexity index is 767. The van der Waals surface area contributed by atoms with E-state index in [1.165, 1.54) is 25.3 Å². The smallest absolute Gasteiger partial charge is 0.328 e. The molecule has 2 rings (SSSR count). The Morgan fingerprint density at radius 2 is 1.92 bits per heavy atom. The maximum absolute atomic E-state index is 10.6. The fourth-order valence-electron chi connectivity index (χ4n) is 1.95.